The fourth-order valence-electron chi connectivity index (χ4n) is 1.40. The Bertz CT molecular complexity index is 554. The van der Waals surface area contributed by atoms with Crippen LogP contribution < -0.4 is 10.1 Å². The number of carbonyl (C=O) groups is 1. The van der Waals surface area contributed by atoms with Gasteiger partial charge in [-0.05, 0) is 18.2 Å². The highest BCUT2D eigenvalue weighted by Crippen LogP contribution is 2.17. The number of hydrogen-bond acceptors (Lipinski definition) is 3. The normalized spacial score (nSPS) is 10.1. The molecule has 1 heterocycles. The van der Waals surface area contributed by atoms with E-state index >= 15 is 0 Å². The number of nitrogens with one attached hydrogen (secondary N) is 1. The first kappa shape index (κ1) is 12.4. The molecule has 0 aliphatic carbocycles. The van der Waals surface area contributed by atoms with Gasteiger partial charge in [-0.1, -0.05) is 17.7 Å². The summed E-state index contributed by atoms with van der Waals surface area (Å²) in [7, 11) is 0. The van der Waals surface area contributed by atoms with Gasteiger partial charge in [0.15, 0.2) is 6.73 Å². The van der Waals surface area contributed by atoms with E-state index in [1.165, 1.54) is 6.92 Å². The zero-order valence-corrected chi connectivity index (χ0v) is 10.5. The lowest BCUT2D eigenvalue weighted by atomic mass is 10.3. The van der Waals surface area contributed by atoms with E-state index in [1.54, 1.807) is 29.2 Å². The second kappa shape index (κ2) is 5.55. The van der Waals surface area contributed by atoms with E-state index in [0.717, 1.165) is 0 Å². The van der Waals surface area contributed by atoms with Crippen LogP contribution in [0.25, 0.3) is 0 Å². The van der Waals surface area contributed by atoms with Crippen LogP contribution in [-0.4, -0.2) is 15.7 Å². The van der Waals surface area contributed by atoms with Gasteiger partial charge in [-0.3, -0.25) is 4.79 Å². The summed E-state index contributed by atoms with van der Waals surface area (Å²) in [6.45, 7) is 1.69. The van der Waals surface area contributed by atoms with Crippen molar-refractivity contribution in [1.29, 1.82) is 0 Å². The van der Waals surface area contributed by atoms with Crippen LogP contribution in [0.1, 0.15) is 6.92 Å². The number of ether oxygens (including phenoxy) is 1. The van der Waals surface area contributed by atoms with E-state index in [0.29, 0.717) is 16.5 Å². The largest absolute Gasteiger partial charge is 0.471 e. The zero-order valence-electron chi connectivity index (χ0n) is 9.76. The van der Waals surface area contributed by atoms with Crippen LogP contribution in [-0.2, 0) is 11.5 Å². The molecule has 0 atom stereocenters. The van der Waals surface area contributed by atoms with Crippen LogP contribution in [0.2, 0.25) is 5.02 Å². The summed E-state index contributed by atoms with van der Waals surface area (Å²) in [5, 5.41) is 7.30. The Morgan fingerprint density at radius 1 is 1.56 bits per heavy atom. The van der Waals surface area contributed by atoms with Crippen molar-refractivity contribution in [2.75, 3.05) is 5.32 Å². The molecule has 2 rings (SSSR count). The third kappa shape index (κ3) is 3.49. The van der Waals surface area contributed by atoms with Crippen molar-refractivity contribution < 1.29 is 9.53 Å². The van der Waals surface area contributed by atoms with Crippen LogP contribution in [0.4, 0.5) is 5.69 Å². The maximum Gasteiger partial charge on any atom is 0.221 e. The molecule has 94 valence electrons. The molecule has 0 saturated carbocycles. The molecule has 18 heavy (non-hydrogen) atoms. The van der Waals surface area contributed by atoms with Gasteiger partial charge in [0.05, 0.1) is 18.1 Å². The number of amides is 1. The van der Waals surface area contributed by atoms with Crippen molar-refractivity contribution >= 4 is 23.2 Å². The molecule has 6 heteroatoms. The molecule has 1 N–H and O–H groups in total. The molecule has 0 spiro atoms. The average Bonchev–Trinajstić information content (AvgIpc) is 2.73. The molecular formula is C12H12ClN3O2. The minimum Gasteiger partial charge on any atom is -0.471 e. The van der Waals surface area contributed by atoms with Gasteiger partial charge in [-0.2, -0.15) is 5.10 Å². The lowest BCUT2D eigenvalue weighted by molar-refractivity contribution is -0.114. The fourth-order valence-corrected chi connectivity index (χ4v) is 1.58. The van der Waals surface area contributed by atoms with Gasteiger partial charge in [-0.15, -0.1) is 0 Å². The molecule has 1 aromatic heterocycles. The maximum absolute atomic E-state index is 10.8. The molecule has 0 radical (unpaired) electrons. The Kier molecular flexibility index (Phi) is 3.84. The molecule has 0 saturated heterocycles. The van der Waals surface area contributed by atoms with Crippen molar-refractivity contribution in [3.8, 4) is 5.75 Å². The number of anilines is 1. The standard InChI is InChI=1S/C12H12ClN3O2/c1-9(17)15-11-6-14-16(7-11)8-18-12-4-2-3-10(13)5-12/h2-7H,8H2,1H3,(H,15,17). The first-order chi connectivity index (χ1) is 8.63. The van der Waals surface area contributed by atoms with Gasteiger partial charge in [0.1, 0.15) is 5.75 Å². The predicted octanol–water partition coefficient (Wildman–Crippen LogP) is 2.53. The highest BCUT2D eigenvalue weighted by molar-refractivity contribution is 6.30. The molecule has 0 unspecified atom stereocenters. The van der Waals surface area contributed by atoms with E-state index in [9.17, 15) is 4.79 Å². The summed E-state index contributed by atoms with van der Waals surface area (Å²) >= 11 is 5.84. The van der Waals surface area contributed by atoms with Crippen LogP contribution in [0, 0.1) is 0 Å². The van der Waals surface area contributed by atoms with Crippen molar-refractivity contribution in [3.63, 3.8) is 0 Å². The lowest BCUT2D eigenvalue weighted by Gasteiger charge is -2.05. The summed E-state index contributed by atoms with van der Waals surface area (Å²) in [6.07, 6.45) is 3.24. The first-order valence-corrected chi connectivity index (χ1v) is 5.70. The molecule has 0 bridgehead atoms. The molecule has 1 amide bonds. The number of hydrogen-bond donors (Lipinski definition) is 1. The molecular weight excluding hydrogens is 254 g/mol. The number of benzene rings is 1. The van der Waals surface area contributed by atoms with E-state index < -0.39 is 0 Å². The summed E-state index contributed by atoms with van der Waals surface area (Å²) in [5.74, 6) is 0.532. The molecule has 5 nitrogen and oxygen atoms in total. The third-order valence-electron chi connectivity index (χ3n) is 2.11. The second-order valence-electron chi connectivity index (χ2n) is 3.68. The van der Waals surface area contributed by atoms with E-state index in [2.05, 4.69) is 10.4 Å². The van der Waals surface area contributed by atoms with Crippen molar-refractivity contribution in [2.45, 2.75) is 13.7 Å². The van der Waals surface area contributed by atoms with Crippen molar-refractivity contribution in [2.24, 2.45) is 0 Å². The number of carbonyl (C=O) groups excluding carboxylic acids is 1. The number of halogens is 1. The number of rotatable bonds is 4. The van der Waals surface area contributed by atoms with Crippen LogP contribution in [0.15, 0.2) is 36.7 Å². The van der Waals surface area contributed by atoms with Crippen molar-refractivity contribution in [3.05, 3.63) is 41.7 Å². The average molecular weight is 266 g/mol. The Morgan fingerprint density at radius 2 is 2.39 bits per heavy atom. The number of aromatic nitrogens is 2. The quantitative estimate of drug-likeness (QED) is 0.924. The van der Waals surface area contributed by atoms with Crippen LogP contribution in [0.3, 0.4) is 0 Å². The molecule has 2 aromatic rings. The Labute approximate surface area is 109 Å². The third-order valence-corrected chi connectivity index (χ3v) is 2.35. The van der Waals surface area contributed by atoms with Gasteiger partial charge >= 0.3 is 0 Å². The van der Waals surface area contributed by atoms with Crippen LogP contribution in [0.5, 0.6) is 5.75 Å². The predicted molar refractivity (Wildman–Crippen MR) is 68.6 cm³/mol. The van der Waals surface area contributed by atoms with Gasteiger partial charge in [0.25, 0.3) is 0 Å². The Balaban J connectivity index is 1.94. The monoisotopic (exact) mass is 265 g/mol. The lowest BCUT2D eigenvalue weighted by Crippen LogP contribution is -2.06. The fraction of sp³-hybridized carbons (Fsp3) is 0.167. The minimum atomic E-state index is -0.134. The minimum absolute atomic E-state index is 0.134. The Hall–Kier alpha value is -2.01. The highest BCUT2D eigenvalue weighted by Gasteiger charge is 2.01. The van der Waals surface area contributed by atoms with Gasteiger partial charge in [0, 0.05) is 11.9 Å². The molecule has 0 fully saturated rings. The maximum atomic E-state index is 10.8. The molecule has 0 aliphatic rings. The summed E-state index contributed by atoms with van der Waals surface area (Å²) < 4.78 is 7.07. The summed E-state index contributed by atoms with van der Waals surface area (Å²) in [4.78, 5) is 10.8. The smallest absolute Gasteiger partial charge is 0.221 e. The topological polar surface area (TPSA) is 56.2 Å². The van der Waals surface area contributed by atoms with Crippen molar-refractivity contribution in [1.82, 2.24) is 9.78 Å². The summed E-state index contributed by atoms with van der Waals surface area (Å²) in [5.41, 5.74) is 0.636. The van der Waals surface area contributed by atoms with E-state index in [4.69, 9.17) is 16.3 Å². The van der Waals surface area contributed by atoms with Gasteiger partial charge in [-0.25, -0.2) is 4.68 Å². The van der Waals surface area contributed by atoms with Gasteiger partial charge in [0.2, 0.25) is 5.91 Å². The first-order valence-electron chi connectivity index (χ1n) is 5.32. The zero-order chi connectivity index (χ0) is 13.0. The Morgan fingerprint density at radius 3 is 3.11 bits per heavy atom. The summed E-state index contributed by atoms with van der Waals surface area (Å²) in [6, 6.07) is 7.12. The SMILES string of the molecule is CC(=O)Nc1cnn(COc2cccc(Cl)c2)c1. The second-order valence-corrected chi connectivity index (χ2v) is 4.12. The van der Waals surface area contributed by atoms with Gasteiger partial charge < -0.3 is 10.1 Å². The highest BCUT2D eigenvalue weighted by atomic mass is 35.5. The van der Waals surface area contributed by atoms with E-state index in [-0.39, 0.29) is 12.6 Å². The van der Waals surface area contributed by atoms with E-state index in [1.807, 2.05) is 12.1 Å². The molecule has 1 aromatic carbocycles. The number of nitrogens with zero attached hydrogens (tertiary/aromatic N) is 2. The van der Waals surface area contributed by atoms with Crippen LogP contribution >= 0.6 is 11.6 Å². The molecule has 0 aliphatic heterocycles.